The first-order valence-corrected chi connectivity index (χ1v) is 6.47. The fraction of sp³-hybridized carbons (Fsp3) is 0.538. The Balaban J connectivity index is 1.93. The number of halogens is 1. The second-order valence-corrected chi connectivity index (χ2v) is 5.59. The molecule has 1 aromatic rings. The van der Waals surface area contributed by atoms with Gasteiger partial charge in [-0.15, -0.1) is 0 Å². The van der Waals surface area contributed by atoms with Crippen molar-refractivity contribution in [2.24, 2.45) is 11.1 Å². The number of fused-ring (bicyclic) bond motifs is 1. The summed E-state index contributed by atoms with van der Waals surface area (Å²) in [5, 5.41) is 9.61. The van der Waals surface area contributed by atoms with Gasteiger partial charge in [-0.1, -0.05) is 11.6 Å². The van der Waals surface area contributed by atoms with Gasteiger partial charge in [0.1, 0.15) is 0 Å². The first-order valence-electron chi connectivity index (χ1n) is 6.09. The third kappa shape index (κ3) is 2.05. The summed E-state index contributed by atoms with van der Waals surface area (Å²) in [4.78, 5) is 0. The molecule has 0 radical (unpaired) electrons. The van der Waals surface area contributed by atoms with Crippen LogP contribution >= 0.6 is 11.6 Å². The van der Waals surface area contributed by atoms with Gasteiger partial charge in [0, 0.05) is 16.5 Å². The molecule has 0 saturated heterocycles. The minimum absolute atomic E-state index is 0.150. The number of aliphatic hydroxyl groups is 1. The fourth-order valence-electron chi connectivity index (χ4n) is 2.13. The average Bonchev–Trinajstić information content (AvgIpc) is 3.16. The summed E-state index contributed by atoms with van der Waals surface area (Å²) in [6, 6.07) is 3.01. The maximum atomic E-state index is 9.11. The van der Waals surface area contributed by atoms with Crippen LogP contribution in [0.4, 0.5) is 0 Å². The Morgan fingerprint density at radius 3 is 2.44 bits per heavy atom. The highest BCUT2D eigenvalue weighted by Gasteiger charge is 2.46. The predicted molar refractivity (Wildman–Crippen MR) is 68.1 cm³/mol. The maximum absolute atomic E-state index is 9.11. The number of nitrogens with two attached hydrogens (primary N) is 1. The van der Waals surface area contributed by atoms with Crippen LogP contribution in [0.2, 0.25) is 5.02 Å². The van der Waals surface area contributed by atoms with Crippen LogP contribution in [0.5, 0.6) is 11.5 Å². The number of aliphatic hydroxyl groups excluding tert-OH is 1. The standard InChI is InChI=1S/C13H16ClNO3/c14-9-4-12-11(3-8(9)10(15)5-16)17-6-13(1-2-13)7-18-12/h3-4,10,16H,1-2,5-7,15H2. The molecule has 98 valence electrons. The first-order chi connectivity index (χ1) is 8.63. The summed E-state index contributed by atoms with van der Waals surface area (Å²) in [6.07, 6.45) is 2.30. The molecule has 5 heteroatoms. The van der Waals surface area contributed by atoms with E-state index in [2.05, 4.69) is 0 Å². The van der Waals surface area contributed by atoms with Gasteiger partial charge < -0.3 is 20.3 Å². The third-order valence-electron chi connectivity index (χ3n) is 3.68. The van der Waals surface area contributed by atoms with Crippen molar-refractivity contribution in [1.82, 2.24) is 0 Å². The van der Waals surface area contributed by atoms with Gasteiger partial charge in [0.2, 0.25) is 0 Å². The Morgan fingerprint density at radius 1 is 1.28 bits per heavy atom. The third-order valence-corrected chi connectivity index (χ3v) is 4.01. The minimum atomic E-state index is -0.496. The quantitative estimate of drug-likeness (QED) is 0.860. The Bertz CT molecular complexity index is 474. The van der Waals surface area contributed by atoms with Crippen molar-refractivity contribution in [2.75, 3.05) is 19.8 Å². The van der Waals surface area contributed by atoms with E-state index >= 15 is 0 Å². The summed E-state index contributed by atoms with van der Waals surface area (Å²) >= 11 is 6.15. The summed E-state index contributed by atoms with van der Waals surface area (Å²) in [7, 11) is 0. The molecule has 1 aliphatic carbocycles. The largest absolute Gasteiger partial charge is 0.489 e. The van der Waals surface area contributed by atoms with Gasteiger partial charge in [-0.3, -0.25) is 0 Å². The highest BCUT2D eigenvalue weighted by Crippen LogP contribution is 2.49. The monoisotopic (exact) mass is 269 g/mol. The Hall–Kier alpha value is -0.970. The zero-order chi connectivity index (χ0) is 12.8. The van der Waals surface area contributed by atoms with E-state index in [1.54, 1.807) is 12.1 Å². The lowest BCUT2D eigenvalue weighted by molar-refractivity contribution is 0.197. The fourth-order valence-corrected chi connectivity index (χ4v) is 2.42. The van der Waals surface area contributed by atoms with E-state index in [0.29, 0.717) is 35.3 Å². The van der Waals surface area contributed by atoms with Crippen LogP contribution < -0.4 is 15.2 Å². The van der Waals surface area contributed by atoms with Crippen LogP contribution in [0.25, 0.3) is 0 Å². The summed E-state index contributed by atoms with van der Waals surface area (Å²) in [5.74, 6) is 1.33. The molecule has 1 spiro atoms. The van der Waals surface area contributed by atoms with E-state index in [4.69, 9.17) is 31.9 Å². The van der Waals surface area contributed by atoms with Crippen LogP contribution in [0.3, 0.4) is 0 Å². The SMILES string of the molecule is NC(CO)c1cc2c(cc1Cl)OCC1(CC1)CO2. The number of ether oxygens (including phenoxy) is 2. The Labute approximate surface area is 111 Å². The number of benzene rings is 1. The Morgan fingerprint density at radius 2 is 1.89 bits per heavy atom. The zero-order valence-corrected chi connectivity index (χ0v) is 10.7. The molecule has 1 aromatic carbocycles. The molecule has 0 aromatic heterocycles. The van der Waals surface area contributed by atoms with Gasteiger partial charge in [0.05, 0.1) is 25.9 Å². The number of rotatable bonds is 2. The molecule has 3 rings (SSSR count). The number of hydrogen-bond acceptors (Lipinski definition) is 4. The van der Waals surface area contributed by atoms with Crippen molar-refractivity contribution in [3.05, 3.63) is 22.7 Å². The Kier molecular flexibility index (Phi) is 2.88. The molecular formula is C13H16ClNO3. The van der Waals surface area contributed by atoms with E-state index in [0.717, 1.165) is 12.8 Å². The van der Waals surface area contributed by atoms with E-state index < -0.39 is 6.04 Å². The van der Waals surface area contributed by atoms with E-state index in [1.807, 2.05) is 0 Å². The van der Waals surface area contributed by atoms with Crippen LogP contribution in [0.15, 0.2) is 12.1 Å². The lowest BCUT2D eigenvalue weighted by Gasteiger charge is -2.14. The molecule has 1 fully saturated rings. The lowest BCUT2D eigenvalue weighted by atomic mass is 10.1. The average molecular weight is 270 g/mol. The van der Waals surface area contributed by atoms with Gasteiger partial charge in [0.25, 0.3) is 0 Å². The molecular weight excluding hydrogens is 254 g/mol. The van der Waals surface area contributed by atoms with E-state index in [1.165, 1.54) is 0 Å². The number of hydrogen-bond donors (Lipinski definition) is 2. The molecule has 1 unspecified atom stereocenters. The predicted octanol–water partition coefficient (Wildman–Crippen LogP) is 1.88. The van der Waals surface area contributed by atoms with Gasteiger partial charge in [-0.25, -0.2) is 0 Å². The van der Waals surface area contributed by atoms with Gasteiger partial charge in [-0.2, -0.15) is 0 Å². The van der Waals surface area contributed by atoms with E-state index in [9.17, 15) is 0 Å². The van der Waals surface area contributed by atoms with Crippen LogP contribution in [0, 0.1) is 5.41 Å². The topological polar surface area (TPSA) is 64.7 Å². The molecule has 0 bridgehead atoms. The molecule has 4 nitrogen and oxygen atoms in total. The van der Waals surface area contributed by atoms with Crippen molar-refractivity contribution in [2.45, 2.75) is 18.9 Å². The maximum Gasteiger partial charge on any atom is 0.162 e. The highest BCUT2D eigenvalue weighted by molar-refractivity contribution is 6.31. The van der Waals surface area contributed by atoms with Crippen molar-refractivity contribution in [3.8, 4) is 11.5 Å². The molecule has 2 aliphatic rings. The van der Waals surface area contributed by atoms with Crippen molar-refractivity contribution >= 4 is 11.6 Å². The zero-order valence-electron chi connectivity index (χ0n) is 9.99. The van der Waals surface area contributed by atoms with Crippen LogP contribution in [0.1, 0.15) is 24.4 Å². The second kappa shape index (κ2) is 4.30. The van der Waals surface area contributed by atoms with Gasteiger partial charge in [0.15, 0.2) is 11.5 Å². The van der Waals surface area contributed by atoms with Gasteiger partial charge >= 0.3 is 0 Å². The molecule has 1 atom stereocenters. The van der Waals surface area contributed by atoms with Crippen LogP contribution in [-0.4, -0.2) is 24.9 Å². The first kappa shape index (κ1) is 12.1. The second-order valence-electron chi connectivity index (χ2n) is 5.19. The van der Waals surface area contributed by atoms with Crippen molar-refractivity contribution < 1.29 is 14.6 Å². The van der Waals surface area contributed by atoms with Crippen molar-refractivity contribution in [3.63, 3.8) is 0 Å². The van der Waals surface area contributed by atoms with Crippen molar-refractivity contribution in [1.29, 1.82) is 0 Å². The summed E-state index contributed by atoms with van der Waals surface area (Å²) < 4.78 is 11.6. The van der Waals surface area contributed by atoms with Gasteiger partial charge in [-0.05, 0) is 24.5 Å². The smallest absolute Gasteiger partial charge is 0.162 e. The summed E-state index contributed by atoms with van der Waals surface area (Å²) in [6.45, 7) is 1.21. The normalized spacial score (nSPS) is 21.5. The summed E-state index contributed by atoms with van der Waals surface area (Å²) in [5.41, 5.74) is 6.69. The lowest BCUT2D eigenvalue weighted by Crippen LogP contribution is -2.17. The molecule has 0 amide bonds. The molecule has 1 saturated carbocycles. The molecule has 18 heavy (non-hydrogen) atoms. The molecule has 3 N–H and O–H groups in total. The minimum Gasteiger partial charge on any atom is -0.489 e. The molecule has 1 heterocycles. The highest BCUT2D eigenvalue weighted by atomic mass is 35.5. The molecule has 1 aliphatic heterocycles. The van der Waals surface area contributed by atoms with Crippen LogP contribution in [-0.2, 0) is 0 Å². The van der Waals surface area contributed by atoms with E-state index in [-0.39, 0.29) is 12.0 Å².